The molecule has 1 aliphatic rings. The van der Waals surface area contributed by atoms with Crippen molar-refractivity contribution in [2.75, 3.05) is 13.1 Å². The van der Waals surface area contributed by atoms with Gasteiger partial charge in [0, 0.05) is 25.5 Å². The minimum Gasteiger partial charge on any atom is -0.335 e. The maximum atomic E-state index is 11.7. The minimum atomic E-state index is -0.0649. The third kappa shape index (κ3) is 1.60. The Morgan fingerprint density at radius 2 is 1.93 bits per heavy atom. The molecule has 0 unspecified atom stereocenters. The molecule has 0 aliphatic carbocycles. The fourth-order valence-corrected chi connectivity index (χ4v) is 1.68. The van der Waals surface area contributed by atoms with Gasteiger partial charge in [-0.3, -0.25) is 4.79 Å². The minimum absolute atomic E-state index is 0.0649. The van der Waals surface area contributed by atoms with Crippen LogP contribution in [-0.2, 0) is 0 Å². The number of nitrogens with zero attached hydrogens (tertiary/aromatic N) is 3. The summed E-state index contributed by atoms with van der Waals surface area (Å²) in [6.07, 6.45) is 3.18. The smallest absolute Gasteiger partial charge is 0.291 e. The Bertz CT molecular complexity index is 340. The molecular formula is C10H13N3O. The molecule has 1 aromatic heterocycles. The van der Waals surface area contributed by atoms with Crippen LogP contribution in [0.25, 0.3) is 0 Å². The summed E-state index contributed by atoms with van der Waals surface area (Å²) in [7, 11) is 0. The highest BCUT2D eigenvalue weighted by molar-refractivity contribution is 5.91. The summed E-state index contributed by atoms with van der Waals surface area (Å²) in [5.41, 5.74) is 0.254. The standard InChI is InChI=1S/C10H13N3O/c1-10(2)6-13(7-10)9(14)8-11-4-3-5-12-8/h3-5H,6-7H2,1-2H3. The van der Waals surface area contributed by atoms with Crippen LogP contribution in [0.1, 0.15) is 24.5 Å². The van der Waals surface area contributed by atoms with Gasteiger partial charge in [0.2, 0.25) is 5.82 Å². The lowest BCUT2D eigenvalue weighted by Crippen LogP contribution is -2.55. The maximum absolute atomic E-state index is 11.7. The molecule has 0 aromatic carbocycles. The van der Waals surface area contributed by atoms with Gasteiger partial charge in [0.25, 0.3) is 5.91 Å². The monoisotopic (exact) mass is 191 g/mol. The number of hydrogen-bond acceptors (Lipinski definition) is 3. The SMILES string of the molecule is CC1(C)CN(C(=O)c2ncccn2)C1. The fourth-order valence-electron chi connectivity index (χ4n) is 1.68. The average Bonchev–Trinajstić information content (AvgIpc) is 2.14. The first-order valence-electron chi connectivity index (χ1n) is 4.65. The van der Waals surface area contributed by atoms with Crippen LogP contribution >= 0.6 is 0 Å². The summed E-state index contributed by atoms with van der Waals surface area (Å²) in [4.78, 5) is 21.3. The normalized spacial score (nSPS) is 18.9. The van der Waals surface area contributed by atoms with Crippen molar-refractivity contribution >= 4 is 5.91 Å². The van der Waals surface area contributed by atoms with Crippen molar-refractivity contribution in [1.82, 2.24) is 14.9 Å². The molecule has 0 spiro atoms. The van der Waals surface area contributed by atoms with Gasteiger partial charge in [-0.05, 0) is 11.5 Å². The van der Waals surface area contributed by atoms with Gasteiger partial charge in [-0.1, -0.05) is 13.8 Å². The van der Waals surface area contributed by atoms with E-state index in [1.807, 2.05) is 0 Å². The molecule has 1 aromatic rings. The van der Waals surface area contributed by atoms with E-state index in [9.17, 15) is 4.79 Å². The van der Waals surface area contributed by atoms with Crippen LogP contribution in [0, 0.1) is 5.41 Å². The molecule has 2 heterocycles. The molecule has 2 rings (SSSR count). The third-order valence-electron chi connectivity index (χ3n) is 2.28. The lowest BCUT2D eigenvalue weighted by Gasteiger charge is -2.45. The Labute approximate surface area is 83.0 Å². The Hall–Kier alpha value is -1.45. The average molecular weight is 191 g/mol. The van der Waals surface area contributed by atoms with Crippen molar-refractivity contribution in [2.45, 2.75) is 13.8 Å². The number of aromatic nitrogens is 2. The summed E-state index contributed by atoms with van der Waals surface area (Å²) in [6.45, 7) is 5.87. The molecular weight excluding hydrogens is 178 g/mol. The molecule has 4 nitrogen and oxygen atoms in total. The van der Waals surface area contributed by atoms with Gasteiger partial charge in [0.05, 0.1) is 0 Å². The lowest BCUT2D eigenvalue weighted by molar-refractivity contribution is 0.0225. The van der Waals surface area contributed by atoms with Gasteiger partial charge in [0.15, 0.2) is 0 Å². The molecule has 4 heteroatoms. The number of carbonyl (C=O) groups is 1. The van der Waals surface area contributed by atoms with Crippen molar-refractivity contribution in [2.24, 2.45) is 5.41 Å². The molecule has 0 atom stereocenters. The first kappa shape index (κ1) is 9.12. The summed E-state index contributed by atoms with van der Waals surface area (Å²) < 4.78 is 0. The zero-order valence-corrected chi connectivity index (χ0v) is 8.40. The van der Waals surface area contributed by atoms with E-state index < -0.39 is 0 Å². The van der Waals surface area contributed by atoms with Crippen molar-refractivity contribution in [1.29, 1.82) is 0 Å². The fraction of sp³-hybridized carbons (Fsp3) is 0.500. The Kier molecular flexibility index (Phi) is 1.98. The van der Waals surface area contributed by atoms with Crippen molar-refractivity contribution in [3.63, 3.8) is 0 Å². The number of likely N-dealkylation sites (tertiary alicyclic amines) is 1. The first-order valence-corrected chi connectivity index (χ1v) is 4.65. The number of rotatable bonds is 1. The molecule has 74 valence electrons. The van der Waals surface area contributed by atoms with Crippen LogP contribution in [0.4, 0.5) is 0 Å². The van der Waals surface area contributed by atoms with Gasteiger partial charge in [0.1, 0.15) is 0 Å². The quantitative estimate of drug-likeness (QED) is 0.664. The second kappa shape index (κ2) is 3.04. The van der Waals surface area contributed by atoms with Crippen LogP contribution in [-0.4, -0.2) is 33.9 Å². The predicted molar refractivity (Wildman–Crippen MR) is 51.7 cm³/mol. The van der Waals surface area contributed by atoms with Crippen molar-refractivity contribution < 1.29 is 4.79 Å². The zero-order chi connectivity index (χ0) is 10.2. The zero-order valence-electron chi connectivity index (χ0n) is 8.40. The van der Waals surface area contributed by atoms with E-state index in [1.165, 1.54) is 0 Å². The van der Waals surface area contributed by atoms with E-state index in [-0.39, 0.29) is 11.3 Å². The second-order valence-electron chi connectivity index (χ2n) is 4.40. The summed E-state index contributed by atoms with van der Waals surface area (Å²) >= 11 is 0. The van der Waals surface area contributed by atoms with E-state index in [1.54, 1.807) is 23.4 Å². The van der Waals surface area contributed by atoms with Crippen molar-refractivity contribution in [3.05, 3.63) is 24.3 Å². The Balaban J connectivity index is 2.05. The lowest BCUT2D eigenvalue weighted by atomic mass is 9.84. The number of carbonyl (C=O) groups excluding carboxylic acids is 1. The van der Waals surface area contributed by atoms with E-state index in [4.69, 9.17) is 0 Å². The second-order valence-corrected chi connectivity index (χ2v) is 4.40. The third-order valence-corrected chi connectivity index (χ3v) is 2.28. The maximum Gasteiger partial charge on any atom is 0.291 e. The summed E-state index contributed by atoms with van der Waals surface area (Å²) in [5, 5.41) is 0. The highest BCUT2D eigenvalue weighted by Gasteiger charge is 2.38. The topological polar surface area (TPSA) is 46.1 Å². The first-order chi connectivity index (χ1) is 6.58. The Morgan fingerprint density at radius 3 is 2.43 bits per heavy atom. The highest BCUT2D eigenvalue weighted by Crippen LogP contribution is 2.29. The highest BCUT2D eigenvalue weighted by atomic mass is 16.2. The van der Waals surface area contributed by atoms with Crippen LogP contribution in [0.15, 0.2) is 18.5 Å². The molecule has 14 heavy (non-hydrogen) atoms. The molecule has 1 saturated heterocycles. The number of hydrogen-bond donors (Lipinski definition) is 0. The summed E-state index contributed by atoms with van der Waals surface area (Å²) in [6, 6.07) is 1.71. The predicted octanol–water partition coefficient (Wildman–Crippen LogP) is 0.959. The molecule has 1 aliphatic heterocycles. The molecule has 0 bridgehead atoms. The van der Waals surface area contributed by atoms with Crippen LogP contribution in [0.2, 0.25) is 0 Å². The molecule has 0 radical (unpaired) electrons. The molecule has 1 fully saturated rings. The summed E-state index contributed by atoms with van der Waals surface area (Å²) in [5.74, 6) is 0.230. The van der Waals surface area contributed by atoms with E-state index in [0.717, 1.165) is 13.1 Å². The van der Waals surface area contributed by atoms with E-state index in [2.05, 4.69) is 23.8 Å². The van der Waals surface area contributed by atoms with Crippen molar-refractivity contribution in [3.8, 4) is 0 Å². The van der Waals surface area contributed by atoms with Gasteiger partial charge in [-0.15, -0.1) is 0 Å². The largest absolute Gasteiger partial charge is 0.335 e. The van der Waals surface area contributed by atoms with Gasteiger partial charge < -0.3 is 4.90 Å². The van der Waals surface area contributed by atoms with Crippen LogP contribution < -0.4 is 0 Å². The molecule has 0 N–H and O–H groups in total. The molecule has 1 amide bonds. The van der Waals surface area contributed by atoms with Gasteiger partial charge in [-0.25, -0.2) is 9.97 Å². The molecule has 0 saturated carbocycles. The van der Waals surface area contributed by atoms with Crippen LogP contribution in [0.5, 0.6) is 0 Å². The van der Waals surface area contributed by atoms with Gasteiger partial charge >= 0.3 is 0 Å². The van der Waals surface area contributed by atoms with E-state index >= 15 is 0 Å². The number of amides is 1. The van der Waals surface area contributed by atoms with E-state index in [0.29, 0.717) is 5.82 Å². The Morgan fingerprint density at radius 1 is 1.36 bits per heavy atom. The van der Waals surface area contributed by atoms with Crippen LogP contribution in [0.3, 0.4) is 0 Å². The van der Waals surface area contributed by atoms with Gasteiger partial charge in [-0.2, -0.15) is 0 Å².